The van der Waals surface area contributed by atoms with Gasteiger partial charge in [0.05, 0.1) is 10.6 Å². The summed E-state index contributed by atoms with van der Waals surface area (Å²) in [7, 11) is -3.96. The molecule has 2 aromatic carbocycles. The molecule has 0 aromatic heterocycles. The van der Waals surface area contributed by atoms with E-state index >= 15 is 0 Å². The summed E-state index contributed by atoms with van der Waals surface area (Å²) in [6.07, 6.45) is 0.831. The molecule has 0 spiro atoms. The molecule has 1 unspecified atom stereocenters. The lowest BCUT2D eigenvalue weighted by atomic mass is 10.0. The van der Waals surface area contributed by atoms with Crippen LogP contribution in [-0.2, 0) is 26.0 Å². The fourth-order valence-electron chi connectivity index (χ4n) is 2.45. The lowest BCUT2D eigenvalue weighted by molar-refractivity contribution is -0.118. The number of nitrogens with zero attached hydrogens (tertiary/aromatic N) is 2. The van der Waals surface area contributed by atoms with Crippen molar-refractivity contribution in [3.05, 3.63) is 59.7 Å². The van der Waals surface area contributed by atoms with Crippen molar-refractivity contribution in [3.63, 3.8) is 0 Å². The lowest BCUT2D eigenvalue weighted by Crippen LogP contribution is -2.28. The highest BCUT2D eigenvalue weighted by Gasteiger charge is 2.24. The van der Waals surface area contributed by atoms with Crippen LogP contribution in [0.25, 0.3) is 0 Å². The zero-order valence-electron chi connectivity index (χ0n) is 16.2. The summed E-state index contributed by atoms with van der Waals surface area (Å²) in [5.74, 6) is -1.62. The summed E-state index contributed by atoms with van der Waals surface area (Å²) in [6.45, 7) is 4.34. The minimum atomic E-state index is -3.96. The molecular formula is C20H21N3O5S. The van der Waals surface area contributed by atoms with Gasteiger partial charge < -0.3 is 0 Å². The normalized spacial score (nSPS) is 12.5. The molecule has 0 radical (unpaired) electrons. The number of benzene rings is 2. The molecule has 1 N–H and O–H groups in total. The second-order valence-corrected chi connectivity index (χ2v) is 7.98. The standard InChI is InChI=1S/C20H21N3O5S/c1-4-15-5-7-16(8-6-15)20(26)19(13(2)24)22-21-17-9-11-18(12-10-17)29(27,28)23-14(3)25/h5-12,19H,4H2,1-3H3,(H,23,25). The topological polar surface area (TPSA) is 122 Å². The number of azo groups is 1. The van der Waals surface area contributed by atoms with E-state index in [-0.39, 0.29) is 10.6 Å². The van der Waals surface area contributed by atoms with Crippen molar-refractivity contribution >= 4 is 33.2 Å². The molecule has 152 valence electrons. The zero-order valence-corrected chi connectivity index (χ0v) is 17.1. The van der Waals surface area contributed by atoms with Crippen molar-refractivity contribution in [2.24, 2.45) is 10.2 Å². The molecule has 0 fully saturated rings. The van der Waals surface area contributed by atoms with Crippen LogP contribution in [0.5, 0.6) is 0 Å². The van der Waals surface area contributed by atoms with E-state index in [1.807, 2.05) is 23.8 Å². The maximum absolute atomic E-state index is 12.6. The van der Waals surface area contributed by atoms with Gasteiger partial charge in [-0.1, -0.05) is 31.2 Å². The van der Waals surface area contributed by atoms with E-state index < -0.39 is 33.5 Å². The minimum absolute atomic E-state index is 0.123. The van der Waals surface area contributed by atoms with Crippen LogP contribution in [0, 0.1) is 0 Å². The summed E-state index contributed by atoms with van der Waals surface area (Å²) in [6, 6.07) is 10.8. The third kappa shape index (κ3) is 5.89. The van der Waals surface area contributed by atoms with E-state index in [2.05, 4.69) is 10.2 Å². The minimum Gasteiger partial charge on any atom is -0.297 e. The molecule has 29 heavy (non-hydrogen) atoms. The molecule has 0 aliphatic heterocycles. The number of carbonyl (C=O) groups excluding carboxylic acids is 3. The van der Waals surface area contributed by atoms with Crippen molar-refractivity contribution < 1.29 is 22.8 Å². The van der Waals surface area contributed by atoms with Crippen LogP contribution < -0.4 is 4.72 Å². The van der Waals surface area contributed by atoms with Gasteiger partial charge in [0.15, 0.2) is 17.6 Å². The Labute approximate surface area is 169 Å². The molecule has 1 amide bonds. The molecule has 2 rings (SSSR count). The van der Waals surface area contributed by atoms with E-state index in [0.29, 0.717) is 5.56 Å². The Morgan fingerprint density at radius 1 is 0.966 bits per heavy atom. The number of rotatable bonds is 8. The first-order valence-corrected chi connectivity index (χ1v) is 10.3. The van der Waals surface area contributed by atoms with Crippen molar-refractivity contribution in [3.8, 4) is 0 Å². The van der Waals surface area contributed by atoms with E-state index in [0.717, 1.165) is 18.9 Å². The Bertz CT molecular complexity index is 1040. The fraction of sp³-hybridized carbons (Fsp3) is 0.250. The SMILES string of the molecule is CCc1ccc(C(=O)C(N=Nc2ccc(S(=O)(=O)NC(C)=O)cc2)C(C)=O)cc1. The molecule has 0 saturated carbocycles. The van der Waals surface area contributed by atoms with Crippen LogP contribution in [0.3, 0.4) is 0 Å². The average molecular weight is 415 g/mol. The van der Waals surface area contributed by atoms with E-state index in [9.17, 15) is 22.8 Å². The van der Waals surface area contributed by atoms with Crippen LogP contribution in [0.1, 0.15) is 36.7 Å². The maximum Gasteiger partial charge on any atom is 0.264 e. The van der Waals surface area contributed by atoms with Crippen LogP contribution in [0.15, 0.2) is 63.7 Å². The second-order valence-electron chi connectivity index (χ2n) is 6.30. The smallest absolute Gasteiger partial charge is 0.264 e. The maximum atomic E-state index is 12.6. The van der Waals surface area contributed by atoms with E-state index in [1.54, 1.807) is 12.1 Å². The van der Waals surface area contributed by atoms with Gasteiger partial charge in [0.1, 0.15) is 0 Å². The van der Waals surface area contributed by atoms with Gasteiger partial charge in [0.25, 0.3) is 10.0 Å². The number of hydrogen-bond donors (Lipinski definition) is 1. The van der Waals surface area contributed by atoms with Crippen molar-refractivity contribution in [2.45, 2.75) is 38.1 Å². The van der Waals surface area contributed by atoms with Crippen molar-refractivity contribution in [2.75, 3.05) is 0 Å². The van der Waals surface area contributed by atoms with Crippen molar-refractivity contribution in [1.82, 2.24) is 4.72 Å². The molecule has 0 aliphatic rings. The van der Waals surface area contributed by atoms with Gasteiger partial charge in [-0.05, 0) is 43.2 Å². The lowest BCUT2D eigenvalue weighted by Gasteiger charge is -2.08. The molecular weight excluding hydrogens is 394 g/mol. The van der Waals surface area contributed by atoms with Gasteiger partial charge in [0, 0.05) is 12.5 Å². The molecule has 1 atom stereocenters. The number of carbonyl (C=O) groups is 3. The highest BCUT2D eigenvalue weighted by Crippen LogP contribution is 2.18. The highest BCUT2D eigenvalue weighted by atomic mass is 32.2. The molecule has 0 saturated heterocycles. The number of aryl methyl sites for hydroxylation is 1. The molecule has 2 aromatic rings. The Morgan fingerprint density at radius 3 is 2.03 bits per heavy atom. The van der Waals surface area contributed by atoms with Gasteiger partial charge in [-0.15, -0.1) is 0 Å². The van der Waals surface area contributed by atoms with Crippen molar-refractivity contribution in [1.29, 1.82) is 0 Å². The zero-order chi connectivity index (χ0) is 21.6. The summed E-state index contributed by atoms with van der Waals surface area (Å²) in [5.41, 5.74) is 1.68. The Morgan fingerprint density at radius 2 is 1.55 bits per heavy atom. The summed E-state index contributed by atoms with van der Waals surface area (Å²) in [4.78, 5) is 35.3. The number of sulfonamides is 1. The number of amides is 1. The van der Waals surface area contributed by atoms with E-state index in [4.69, 9.17) is 0 Å². The molecule has 9 heteroatoms. The molecule has 0 bridgehead atoms. The quantitative estimate of drug-likeness (QED) is 0.403. The van der Waals surface area contributed by atoms with Gasteiger partial charge in [-0.25, -0.2) is 13.1 Å². The predicted octanol–water partition coefficient (Wildman–Crippen LogP) is 3.00. The summed E-state index contributed by atoms with van der Waals surface area (Å²) < 4.78 is 25.7. The fourth-order valence-corrected chi connectivity index (χ4v) is 3.44. The summed E-state index contributed by atoms with van der Waals surface area (Å²) >= 11 is 0. The molecule has 0 aliphatic carbocycles. The first-order chi connectivity index (χ1) is 13.6. The van der Waals surface area contributed by atoms with E-state index in [1.165, 1.54) is 31.2 Å². The number of hydrogen-bond acceptors (Lipinski definition) is 7. The predicted molar refractivity (Wildman–Crippen MR) is 107 cm³/mol. The Hall–Kier alpha value is -3.20. The first-order valence-electron chi connectivity index (χ1n) is 8.82. The van der Waals surface area contributed by atoms with Gasteiger partial charge in [0.2, 0.25) is 5.91 Å². The monoisotopic (exact) mass is 415 g/mol. The van der Waals surface area contributed by atoms with Crippen LogP contribution in [0.4, 0.5) is 5.69 Å². The average Bonchev–Trinajstić information content (AvgIpc) is 2.67. The molecule has 0 heterocycles. The Kier molecular flexibility index (Phi) is 7.11. The largest absolute Gasteiger partial charge is 0.297 e. The number of nitrogens with one attached hydrogen (secondary N) is 1. The van der Waals surface area contributed by atoms with Gasteiger partial charge in [-0.3, -0.25) is 14.4 Å². The molecule has 8 nitrogen and oxygen atoms in total. The van der Waals surface area contributed by atoms with Gasteiger partial charge in [-0.2, -0.15) is 10.2 Å². The van der Waals surface area contributed by atoms with Crippen LogP contribution >= 0.6 is 0 Å². The highest BCUT2D eigenvalue weighted by molar-refractivity contribution is 7.90. The number of ketones is 2. The van der Waals surface area contributed by atoms with Crippen LogP contribution in [-0.4, -0.2) is 31.9 Å². The Balaban J connectivity index is 2.21. The second kappa shape index (κ2) is 9.33. The summed E-state index contributed by atoms with van der Waals surface area (Å²) in [5, 5.41) is 7.75. The number of Topliss-reactive ketones (excluding diaryl/α,β-unsaturated/α-hetero) is 2. The first kappa shape index (κ1) is 22.1. The third-order valence-corrected chi connectivity index (χ3v) is 5.44. The third-order valence-electron chi connectivity index (χ3n) is 3.99. The van der Waals surface area contributed by atoms with Crippen LogP contribution in [0.2, 0.25) is 0 Å². The van der Waals surface area contributed by atoms with Gasteiger partial charge >= 0.3 is 0 Å².